The van der Waals surface area contributed by atoms with Crippen LogP contribution in [-0.4, -0.2) is 26.5 Å². The van der Waals surface area contributed by atoms with E-state index < -0.39 is 15.9 Å². The van der Waals surface area contributed by atoms with E-state index in [1.807, 2.05) is 0 Å². The molecule has 3 aliphatic rings. The normalized spacial score (nSPS) is 16.2. The number of carbonyl (C=O) groups is 1. The Bertz CT molecular complexity index is 2110. The molecule has 0 saturated carbocycles. The highest BCUT2D eigenvalue weighted by atomic mass is 28.4. The van der Waals surface area contributed by atoms with Gasteiger partial charge in [0, 0.05) is 47.5 Å². The van der Waals surface area contributed by atoms with Crippen LogP contribution in [-0.2, 0) is 4.43 Å². The molecule has 7 nitrogen and oxygen atoms in total. The van der Waals surface area contributed by atoms with Crippen molar-refractivity contribution in [2.75, 3.05) is 18.8 Å². The molecule has 328 valence electrons. The van der Waals surface area contributed by atoms with Gasteiger partial charge < -0.3 is 23.2 Å². The zero-order valence-electron chi connectivity index (χ0n) is 40.5. The first-order chi connectivity index (χ1) is 29.3. The number of nitrogens with zero attached hydrogens (tertiary/aromatic N) is 5. The first-order valence-corrected chi connectivity index (χ1v) is 25.1. The Hall–Kier alpha value is -4.89. The lowest BCUT2D eigenvalue weighted by atomic mass is 9.81. The summed E-state index contributed by atoms with van der Waals surface area (Å²) in [6, 6.07) is 27.0. The van der Waals surface area contributed by atoms with Gasteiger partial charge in [-0.3, -0.25) is 4.48 Å². The number of rotatable bonds is 13. The summed E-state index contributed by atoms with van der Waals surface area (Å²) in [7, 11) is -4.38. The highest BCUT2D eigenvalue weighted by Gasteiger charge is 2.76. The van der Waals surface area contributed by atoms with E-state index in [9.17, 15) is 0 Å². The smallest absolute Gasteiger partial charge is 0.451 e. The molecule has 7 rings (SSSR count). The van der Waals surface area contributed by atoms with E-state index in [1.165, 1.54) is 44.5 Å². The fourth-order valence-electron chi connectivity index (χ4n) is 10.0. The van der Waals surface area contributed by atoms with Crippen molar-refractivity contribution in [2.45, 2.75) is 158 Å². The zero-order chi connectivity index (χ0) is 45.1. The van der Waals surface area contributed by atoms with E-state index in [-0.39, 0.29) is 53.4 Å². The summed E-state index contributed by atoms with van der Waals surface area (Å²) < 4.78 is 14.3. The third-order valence-corrected chi connectivity index (χ3v) is 16.7. The molecule has 1 amide bonds. The molecule has 1 fully saturated rings. The van der Waals surface area contributed by atoms with Gasteiger partial charge in [-0.15, -0.1) is 0 Å². The lowest BCUT2D eigenvalue weighted by molar-refractivity contribution is 0.149. The van der Waals surface area contributed by atoms with Gasteiger partial charge in [0.25, 0.3) is 0 Å². The molecule has 1 saturated heterocycles. The predicted molar refractivity (Wildman–Crippen MR) is 267 cm³/mol. The van der Waals surface area contributed by atoms with Crippen molar-refractivity contribution in [2.24, 2.45) is 0 Å². The van der Waals surface area contributed by atoms with Crippen molar-refractivity contribution in [1.82, 2.24) is 4.48 Å². The molecule has 3 aliphatic heterocycles. The van der Waals surface area contributed by atoms with E-state index >= 15 is 4.79 Å². The van der Waals surface area contributed by atoms with Crippen LogP contribution in [0.25, 0.3) is 0 Å². The largest absolute Gasteiger partial charge is 0.618 e. The van der Waals surface area contributed by atoms with Crippen LogP contribution in [0.3, 0.4) is 0 Å². The van der Waals surface area contributed by atoms with Crippen LogP contribution in [0.5, 0.6) is 0 Å². The van der Waals surface area contributed by atoms with E-state index in [0.717, 1.165) is 22.7 Å². The van der Waals surface area contributed by atoms with Crippen LogP contribution >= 0.6 is 0 Å². The van der Waals surface area contributed by atoms with Crippen LogP contribution in [0.15, 0.2) is 97.6 Å². The minimum absolute atomic E-state index is 0.231. The molecule has 0 aliphatic carbocycles. The molecule has 3 heterocycles. The van der Waals surface area contributed by atoms with Crippen molar-refractivity contribution >= 4 is 44.8 Å². The number of hydrogen-bond acceptors (Lipinski definition) is 6. The lowest BCUT2D eigenvalue weighted by Crippen LogP contribution is -2.89. The van der Waals surface area contributed by atoms with E-state index in [0.29, 0.717) is 0 Å². The fraction of sp³-hybridized carbons (Fsp3) is 0.453. The summed E-state index contributed by atoms with van der Waals surface area (Å²) >= 11 is 0. The van der Waals surface area contributed by atoms with Gasteiger partial charge >= 0.3 is 22.0 Å². The molecule has 9 heteroatoms. The Morgan fingerprint density at radius 2 is 0.629 bits per heavy atom. The maximum absolute atomic E-state index is 15.4. The number of hydrogen-bond donors (Lipinski definition) is 0. The predicted octanol–water partition coefficient (Wildman–Crippen LogP) is 14.8. The minimum Gasteiger partial charge on any atom is -0.451 e. The molecular weight excluding hydrogens is 778 g/mol. The van der Waals surface area contributed by atoms with Crippen LogP contribution < -0.4 is 18.8 Å². The van der Waals surface area contributed by atoms with E-state index in [2.05, 4.69) is 232 Å². The van der Waals surface area contributed by atoms with Gasteiger partial charge in [-0.2, -0.15) is 0 Å². The molecule has 0 N–H and O–H groups in total. The lowest BCUT2D eigenvalue weighted by Gasteiger charge is -2.57. The highest BCUT2D eigenvalue weighted by Crippen LogP contribution is 2.52. The van der Waals surface area contributed by atoms with Gasteiger partial charge in [-0.1, -0.05) is 184 Å². The zero-order valence-corrected chi connectivity index (χ0v) is 41.5. The quantitative estimate of drug-likeness (QED) is 0.125. The van der Waals surface area contributed by atoms with Gasteiger partial charge in [-0.05, 0) is 91.9 Å². The third-order valence-electron chi connectivity index (χ3n) is 13.2. The highest BCUT2D eigenvalue weighted by molar-refractivity contribution is 6.96. The Balaban J connectivity index is 1.62. The summed E-state index contributed by atoms with van der Waals surface area (Å²) in [6.45, 7) is 36.5. The van der Waals surface area contributed by atoms with Crippen molar-refractivity contribution in [3.05, 3.63) is 142 Å². The van der Waals surface area contributed by atoms with Gasteiger partial charge in [0.2, 0.25) is 0 Å². The van der Waals surface area contributed by atoms with E-state index in [1.54, 1.807) is 0 Å². The maximum Gasteiger partial charge on any atom is 0.618 e. The molecule has 0 radical (unpaired) electrons. The van der Waals surface area contributed by atoms with Gasteiger partial charge in [0.15, 0.2) is 0 Å². The number of para-hydroxylation sites is 4. The Morgan fingerprint density at radius 1 is 0.387 bits per heavy atom. The molecular formula is C53H72BN5O2Si. The fourth-order valence-corrected chi connectivity index (χ4v) is 13.7. The molecule has 0 atom stereocenters. The van der Waals surface area contributed by atoms with Crippen molar-refractivity contribution in [3.8, 4) is 0 Å². The Kier molecular flexibility index (Phi) is 12.6. The van der Waals surface area contributed by atoms with Crippen molar-refractivity contribution in [1.29, 1.82) is 0 Å². The SMILES string of the molecule is CC(C)c1cccc(C(C)C)c1N1C=CN(c2c(C(C)C)cccc2C(C)C)B1N1C(=O)O[Si]12N(c1c(C(C)C)cccc1C(C)C)C=CN2c1c(C(C)C)cccc1C(C)C. The summed E-state index contributed by atoms with van der Waals surface area (Å²) in [5, 5.41) is 0. The van der Waals surface area contributed by atoms with Gasteiger partial charge in [0.05, 0.1) is 0 Å². The summed E-state index contributed by atoms with van der Waals surface area (Å²) in [6.07, 6.45) is 8.65. The molecule has 1 spiro atoms. The summed E-state index contributed by atoms with van der Waals surface area (Å²) in [5.74, 6) is 1.91. The second kappa shape index (κ2) is 17.3. The molecule has 62 heavy (non-hydrogen) atoms. The number of amides is 1. The molecule has 0 bridgehead atoms. The number of anilines is 4. The summed E-state index contributed by atoms with van der Waals surface area (Å²) in [5.41, 5.74) is 14.7. The molecule has 0 unspecified atom stereocenters. The average Bonchev–Trinajstić information content (AvgIpc) is 3.81. The van der Waals surface area contributed by atoms with Crippen LogP contribution in [0.2, 0.25) is 0 Å². The van der Waals surface area contributed by atoms with Crippen LogP contribution in [0.4, 0.5) is 27.5 Å². The standard InChI is InChI=1S/C53H72BN5O2Si/c1-33(2)41-21-17-22-42(34(3)4)49(41)55-29-30-56(50-43(35(5)6)23-18-24-44(50)36(7)8)54(55)59-53(60)61-62(59)57(51-45(37(9)10)25-19-26-46(51)38(11)12)31-32-58(62)52-47(39(13)14)27-20-28-48(52)40(15)16/h17-40H,1-16H3. The molecule has 0 aromatic heterocycles. The van der Waals surface area contributed by atoms with Crippen molar-refractivity contribution < 1.29 is 9.22 Å². The average molecular weight is 850 g/mol. The van der Waals surface area contributed by atoms with Crippen LogP contribution in [0.1, 0.15) is 203 Å². The monoisotopic (exact) mass is 850 g/mol. The second-order valence-electron chi connectivity index (χ2n) is 20.2. The number of carbonyl (C=O) groups excluding carboxylic acids is 1. The Morgan fingerprint density at radius 3 is 0.855 bits per heavy atom. The molecule has 4 aromatic rings. The molecule has 4 aromatic carbocycles. The number of benzene rings is 4. The first-order valence-electron chi connectivity index (χ1n) is 23.4. The van der Waals surface area contributed by atoms with Crippen molar-refractivity contribution in [3.63, 3.8) is 0 Å². The maximum atomic E-state index is 15.4. The van der Waals surface area contributed by atoms with Gasteiger partial charge in [0.1, 0.15) is 0 Å². The van der Waals surface area contributed by atoms with Gasteiger partial charge in [-0.25, -0.2) is 4.79 Å². The second-order valence-corrected chi connectivity index (χ2v) is 23.0. The minimum atomic E-state index is -3.80. The first kappa shape index (κ1) is 45.1. The topological polar surface area (TPSA) is 42.5 Å². The van der Waals surface area contributed by atoms with Crippen LogP contribution in [0, 0.1) is 0 Å². The van der Waals surface area contributed by atoms with E-state index in [4.69, 9.17) is 4.43 Å². The summed E-state index contributed by atoms with van der Waals surface area (Å²) in [4.78, 5) is 20.3. The third kappa shape index (κ3) is 7.36. The Labute approximate surface area is 375 Å².